The Bertz CT molecular complexity index is 1430. The number of carbonyl (C=O) groups excluding carboxylic acids is 3. The van der Waals surface area contributed by atoms with Crippen molar-refractivity contribution in [3.05, 3.63) is 95.0 Å². The van der Waals surface area contributed by atoms with E-state index in [1.54, 1.807) is 35.8 Å². The van der Waals surface area contributed by atoms with Crippen molar-refractivity contribution in [1.29, 1.82) is 0 Å². The molecule has 2 aromatic rings. The standard InChI is InChI=1S/C30H34F3N7O3S/c1-19(34-28(43)30(31,32)33)22-11-7-10-21(16-22)18-25(41)35-24-15-14-23(37-38-24)12-5-6-13-27-39-40-29(44-27)36-26(42)17-20-8-3-2-4-9-20/h2-4,7-11,14-16,19,29,37-38,40H,5-6,12-13,17-18H2,1H3,(H,34,43)(H,35,41)(H,36,42)/p+1. The number of hydrogen-bond donors (Lipinski definition) is 6. The molecule has 2 aliphatic rings. The van der Waals surface area contributed by atoms with E-state index in [1.807, 2.05) is 41.7 Å². The Kier molecular flexibility index (Phi) is 11.4. The van der Waals surface area contributed by atoms with Crippen LogP contribution in [0.1, 0.15) is 55.3 Å². The summed E-state index contributed by atoms with van der Waals surface area (Å²) >= 11 is 1.51. The highest BCUT2D eigenvalue weighted by atomic mass is 32.2. The molecule has 7 N–H and O–H groups in total. The molecule has 2 unspecified atom stereocenters. The molecule has 0 radical (unpaired) electrons. The Morgan fingerprint density at radius 3 is 2.43 bits per heavy atom. The summed E-state index contributed by atoms with van der Waals surface area (Å²) in [6.45, 7) is 1.45. The number of hydrazone groups is 1. The van der Waals surface area contributed by atoms with Gasteiger partial charge in [0.2, 0.25) is 17.6 Å². The molecule has 0 fully saturated rings. The number of rotatable bonds is 13. The molecule has 10 nitrogen and oxygen atoms in total. The summed E-state index contributed by atoms with van der Waals surface area (Å²) in [5.74, 6) is -1.77. The number of thioether (sulfide) groups is 1. The van der Waals surface area contributed by atoms with Crippen molar-refractivity contribution in [2.24, 2.45) is 5.10 Å². The number of alkyl halides is 3. The van der Waals surface area contributed by atoms with Gasteiger partial charge in [-0.05, 0) is 55.4 Å². The fraction of sp³-hybridized carbons (Fsp3) is 0.333. The van der Waals surface area contributed by atoms with Gasteiger partial charge in [0, 0.05) is 6.08 Å². The lowest BCUT2D eigenvalue weighted by Gasteiger charge is -2.17. The molecule has 0 spiro atoms. The highest BCUT2D eigenvalue weighted by molar-refractivity contribution is 8.14. The molecule has 0 aliphatic carbocycles. The molecular formula is C30H35F3N7O3S+. The van der Waals surface area contributed by atoms with Crippen LogP contribution >= 0.6 is 11.8 Å². The normalized spacial score (nSPS) is 16.8. The van der Waals surface area contributed by atoms with Crippen molar-refractivity contribution < 1.29 is 33.0 Å². The van der Waals surface area contributed by atoms with Gasteiger partial charge in [0.05, 0.1) is 29.6 Å². The molecule has 0 saturated carbocycles. The van der Waals surface area contributed by atoms with Crippen LogP contribution in [0, 0.1) is 0 Å². The number of allylic oxidation sites excluding steroid dienone is 3. The number of halogens is 3. The van der Waals surface area contributed by atoms with Gasteiger partial charge in [0.15, 0.2) is 5.50 Å². The van der Waals surface area contributed by atoms with Gasteiger partial charge in [-0.1, -0.05) is 66.4 Å². The summed E-state index contributed by atoms with van der Waals surface area (Å²) in [4.78, 5) is 36.1. The lowest BCUT2D eigenvalue weighted by atomic mass is 10.0. The number of unbranched alkanes of at least 4 members (excludes halogenated alkanes) is 1. The van der Waals surface area contributed by atoms with Crippen LogP contribution in [0.5, 0.6) is 0 Å². The SMILES string of the molecule is CC(NC(=O)C(F)(F)F)c1cccc(CC(=O)NC2=CC=C(CCCCC3=NNC(NC(=O)Cc4ccccc4)S3)N[NH2+]2)c1. The van der Waals surface area contributed by atoms with Crippen molar-refractivity contribution in [1.82, 2.24) is 26.8 Å². The summed E-state index contributed by atoms with van der Waals surface area (Å²) in [7, 11) is 0. The zero-order valence-electron chi connectivity index (χ0n) is 24.0. The quantitative estimate of drug-likeness (QED) is 0.149. The second-order valence-electron chi connectivity index (χ2n) is 10.3. The molecule has 2 aliphatic heterocycles. The zero-order valence-corrected chi connectivity index (χ0v) is 24.9. The van der Waals surface area contributed by atoms with Crippen LogP contribution in [-0.2, 0) is 27.2 Å². The van der Waals surface area contributed by atoms with Crippen LogP contribution in [0.4, 0.5) is 13.2 Å². The fourth-order valence-corrected chi connectivity index (χ4v) is 5.42. The number of benzene rings is 2. The van der Waals surface area contributed by atoms with Gasteiger partial charge in [-0.25, -0.2) is 5.43 Å². The van der Waals surface area contributed by atoms with E-state index in [0.717, 1.165) is 42.0 Å². The highest BCUT2D eigenvalue weighted by Crippen LogP contribution is 2.21. The van der Waals surface area contributed by atoms with Gasteiger partial charge in [-0.2, -0.15) is 23.7 Å². The lowest BCUT2D eigenvalue weighted by molar-refractivity contribution is -0.664. The first-order valence-corrected chi connectivity index (χ1v) is 15.0. The average molecular weight is 631 g/mol. The van der Waals surface area contributed by atoms with Gasteiger partial charge in [-0.15, -0.1) is 0 Å². The van der Waals surface area contributed by atoms with Crippen LogP contribution in [0.2, 0.25) is 0 Å². The number of nitrogens with two attached hydrogens (primary N) is 1. The largest absolute Gasteiger partial charge is 0.471 e. The summed E-state index contributed by atoms with van der Waals surface area (Å²) in [6, 6.07) is 15.2. The number of quaternary nitrogens is 1. The van der Waals surface area contributed by atoms with Crippen LogP contribution in [-0.4, -0.2) is 34.4 Å². The average Bonchev–Trinajstić information content (AvgIpc) is 3.43. The molecule has 234 valence electrons. The summed E-state index contributed by atoms with van der Waals surface area (Å²) < 4.78 is 37.7. The molecule has 0 bridgehead atoms. The first-order chi connectivity index (χ1) is 21.0. The summed E-state index contributed by atoms with van der Waals surface area (Å²) in [5.41, 5.74) is 10.6. The summed E-state index contributed by atoms with van der Waals surface area (Å²) in [6.07, 6.45) is 2.53. The number of amides is 3. The molecule has 2 aromatic carbocycles. The molecule has 2 heterocycles. The Morgan fingerprint density at radius 1 is 0.977 bits per heavy atom. The first kappa shape index (κ1) is 32.6. The fourth-order valence-electron chi connectivity index (χ4n) is 4.48. The van der Waals surface area contributed by atoms with Crippen molar-refractivity contribution in [3.8, 4) is 0 Å². The van der Waals surface area contributed by atoms with Gasteiger partial charge in [0.25, 0.3) is 0 Å². The van der Waals surface area contributed by atoms with E-state index in [-0.39, 0.29) is 23.7 Å². The van der Waals surface area contributed by atoms with Gasteiger partial charge in [-0.3, -0.25) is 25.1 Å². The smallest absolute Gasteiger partial charge is 0.342 e. The third kappa shape index (κ3) is 10.5. The number of nitrogens with zero attached hydrogens (tertiary/aromatic N) is 1. The van der Waals surface area contributed by atoms with Gasteiger partial charge >= 0.3 is 12.1 Å². The Morgan fingerprint density at radius 2 is 1.70 bits per heavy atom. The van der Waals surface area contributed by atoms with Crippen LogP contribution < -0.4 is 32.2 Å². The van der Waals surface area contributed by atoms with Crippen molar-refractivity contribution in [2.45, 2.75) is 63.2 Å². The molecule has 3 amide bonds. The van der Waals surface area contributed by atoms with E-state index in [9.17, 15) is 27.6 Å². The third-order valence-corrected chi connectivity index (χ3v) is 7.75. The first-order valence-electron chi connectivity index (χ1n) is 14.1. The minimum absolute atomic E-state index is 0.0177. The van der Waals surface area contributed by atoms with Crippen LogP contribution in [0.25, 0.3) is 0 Å². The maximum atomic E-state index is 12.6. The topological polar surface area (TPSA) is 140 Å². The molecule has 2 atom stereocenters. The number of hydrogen-bond acceptors (Lipinski definition) is 7. The highest BCUT2D eigenvalue weighted by Gasteiger charge is 2.39. The summed E-state index contributed by atoms with van der Waals surface area (Å²) in [5, 5.41) is 12.9. The second-order valence-corrected chi connectivity index (χ2v) is 11.5. The third-order valence-electron chi connectivity index (χ3n) is 6.73. The van der Waals surface area contributed by atoms with E-state index >= 15 is 0 Å². The van der Waals surface area contributed by atoms with Gasteiger partial charge < -0.3 is 10.6 Å². The van der Waals surface area contributed by atoms with E-state index in [4.69, 9.17) is 0 Å². The minimum atomic E-state index is -4.96. The molecular weight excluding hydrogens is 595 g/mol. The van der Waals surface area contributed by atoms with E-state index in [0.29, 0.717) is 23.4 Å². The van der Waals surface area contributed by atoms with Crippen LogP contribution in [0.3, 0.4) is 0 Å². The minimum Gasteiger partial charge on any atom is -0.342 e. The van der Waals surface area contributed by atoms with E-state index in [2.05, 4.69) is 26.6 Å². The predicted octanol–water partition coefficient (Wildman–Crippen LogP) is 2.74. The molecule has 44 heavy (non-hydrogen) atoms. The molecule has 4 rings (SSSR count). The number of carbonyl (C=O) groups is 3. The Balaban J connectivity index is 1.13. The number of nitrogens with one attached hydrogen (secondary N) is 5. The molecule has 0 saturated heterocycles. The van der Waals surface area contributed by atoms with Crippen LogP contribution in [0.15, 0.2) is 83.4 Å². The second kappa shape index (κ2) is 15.4. The van der Waals surface area contributed by atoms with Crippen molar-refractivity contribution in [3.63, 3.8) is 0 Å². The monoisotopic (exact) mass is 630 g/mol. The van der Waals surface area contributed by atoms with E-state index < -0.39 is 18.1 Å². The molecule has 0 aromatic heterocycles. The van der Waals surface area contributed by atoms with Crippen molar-refractivity contribution >= 4 is 34.5 Å². The maximum absolute atomic E-state index is 12.6. The Hall–Kier alpha value is -4.30. The van der Waals surface area contributed by atoms with Crippen molar-refractivity contribution in [2.75, 3.05) is 0 Å². The predicted molar refractivity (Wildman–Crippen MR) is 161 cm³/mol. The lowest BCUT2D eigenvalue weighted by Crippen LogP contribution is -2.93. The Labute approximate surface area is 257 Å². The van der Waals surface area contributed by atoms with E-state index in [1.165, 1.54) is 18.7 Å². The zero-order chi connectivity index (χ0) is 31.5. The molecule has 14 heteroatoms. The maximum Gasteiger partial charge on any atom is 0.471 e. The van der Waals surface area contributed by atoms with Gasteiger partial charge in [0.1, 0.15) is 0 Å².